The molecule has 4 heteroatoms. The molecule has 5 rings (SSSR count). The molecular formula is C27H25ClN2O. The summed E-state index contributed by atoms with van der Waals surface area (Å²) in [5.41, 5.74) is 4.93. The molecule has 1 aliphatic heterocycles. The maximum atomic E-state index is 13.7. The highest BCUT2D eigenvalue weighted by Gasteiger charge is 2.39. The van der Waals surface area contributed by atoms with Crippen molar-refractivity contribution in [2.75, 3.05) is 16.8 Å². The Morgan fingerprint density at radius 1 is 1.06 bits per heavy atom. The Balaban J connectivity index is 1.58. The average molecular weight is 429 g/mol. The number of nitrogens with zero attached hydrogens (tertiary/aromatic N) is 1. The zero-order chi connectivity index (χ0) is 21.4. The predicted octanol–water partition coefficient (Wildman–Crippen LogP) is 6.83. The van der Waals surface area contributed by atoms with Crippen LogP contribution in [0.1, 0.15) is 46.8 Å². The third kappa shape index (κ3) is 3.53. The van der Waals surface area contributed by atoms with Gasteiger partial charge in [-0.1, -0.05) is 66.2 Å². The molecule has 0 saturated heterocycles. The third-order valence-electron chi connectivity index (χ3n) is 6.46. The molecule has 0 saturated carbocycles. The number of para-hydroxylation sites is 2. The van der Waals surface area contributed by atoms with Crippen LogP contribution in [0.4, 0.5) is 11.4 Å². The fourth-order valence-corrected chi connectivity index (χ4v) is 5.23. The number of allylic oxidation sites excluding steroid dienone is 2. The molecule has 156 valence electrons. The second-order valence-corrected chi connectivity index (χ2v) is 8.62. The van der Waals surface area contributed by atoms with Gasteiger partial charge in [0.15, 0.2) is 0 Å². The Bertz CT molecular complexity index is 1140. The molecular weight excluding hydrogens is 404 g/mol. The summed E-state index contributed by atoms with van der Waals surface area (Å²) in [4.78, 5) is 15.5. The van der Waals surface area contributed by atoms with E-state index < -0.39 is 0 Å². The molecule has 3 aromatic rings. The second kappa shape index (κ2) is 8.24. The maximum Gasteiger partial charge on any atom is 0.260 e. The molecule has 1 heterocycles. The number of halogens is 1. The van der Waals surface area contributed by atoms with E-state index in [0.717, 1.165) is 28.4 Å². The predicted molar refractivity (Wildman–Crippen MR) is 128 cm³/mol. The van der Waals surface area contributed by atoms with E-state index in [2.05, 4.69) is 29.6 Å². The SMILES string of the molecule is CCN(C(=O)c1cccc2c1NC(c1cccc(Cl)c1)C1CC=CC21)c1ccccc1. The topological polar surface area (TPSA) is 32.3 Å². The first-order valence-electron chi connectivity index (χ1n) is 10.9. The van der Waals surface area contributed by atoms with Gasteiger partial charge in [-0.05, 0) is 60.7 Å². The van der Waals surface area contributed by atoms with Crippen LogP contribution in [0.3, 0.4) is 0 Å². The summed E-state index contributed by atoms with van der Waals surface area (Å²) in [6.45, 7) is 2.62. The summed E-state index contributed by atoms with van der Waals surface area (Å²) < 4.78 is 0. The van der Waals surface area contributed by atoms with Crippen LogP contribution in [-0.4, -0.2) is 12.5 Å². The normalized spacial score (nSPS) is 21.2. The van der Waals surface area contributed by atoms with Gasteiger partial charge in [-0.15, -0.1) is 0 Å². The van der Waals surface area contributed by atoms with Gasteiger partial charge in [0.1, 0.15) is 0 Å². The van der Waals surface area contributed by atoms with Crippen molar-refractivity contribution in [3.8, 4) is 0 Å². The van der Waals surface area contributed by atoms with Crippen molar-refractivity contribution in [1.29, 1.82) is 0 Å². The molecule has 1 N–H and O–H groups in total. The van der Waals surface area contributed by atoms with Crippen molar-refractivity contribution < 1.29 is 4.79 Å². The van der Waals surface area contributed by atoms with Crippen LogP contribution in [0, 0.1) is 5.92 Å². The van der Waals surface area contributed by atoms with Gasteiger partial charge in [0.2, 0.25) is 0 Å². The van der Waals surface area contributed by atoms with Gasteiger partial charge in [-0.3, -0.25) is 4.79 Å². The molecule has 2 aliphatic rings. The molecule has 3 atom stereocenters. The molecule has 0 bridgehead atoms. The van der Waals surface area contributed by atoms with Crippen molar-refractivity contribution in [2.24, 2.45) is 5.92 Å². The van der Waals surface area contributed by atoms with Crippen molar-refractivity contribution in [2.45, 2.75) is 25.3 Å². The van der Waals surface area contributed by atoms with E-state index in [0.29, 0.717) is 23.9 Å². The molecule has 0 aromatic heterocycles. The number of hydrogen-bond acceptors (Lipinski definition) is 2. The Morgan fingerprint density at radius 2 is 1.87 bits per heavy atom. The van der Waals surface area contributed by atoms with Gasteiger partial charge in [-0.25, -0.2) is 0 Å². The van der Waals surface area contributed by atoms with E-state index in [1.54, 1.807) is 0 Å². The average Bonchev–Trinajstić information content (AvgIpc) is 3.29. The first kappa shape index (κ1) is 19.9. The number of rotatable bonds is 4. The van der Waals surface area contributed by atoms with Crippen LogP contribution < -0.4 is 10.2 Å². The van der Waals surface area contributed by atoms with Crippen LogP contribution in [0.2, 0.25) is 5.02 Å². The number of fused-ring (bicyclic) bond motifs is 3. The highest BCUT2D eigenvalue weighted by molar-refractivity contribution is 6.30. The van der Waals surface area contributed by atoms with Crippen LogP contribution in [-0.2, 0) is 0 Å². The first-order chi connectivity index (χ1) is 15.2. The fraction of sp³-hybridized carbons (Fsp3) is 0.222. The lowest BCUT2D eigenvalue weighted by Gasteiger charge is -2.38. The van der Waals surface area contributed by atoms with Gasteiger partial charge in [-0.2, -0.15) is 0 Å². The summed E-state index contributed by atoms with van der Waals surface area (Å²) in [5, 5.41) is 4.48. The molecule has 1 aliphatic carbocycles. The highest BCUT2D eigenvalue weighted by atomic mass is 35.5. The Hall–Kier alpha value is -3.04. The number of nitrogens with one attached hydrogen (secondary N) is 1. The van der Waals surface area contributed by atoms with Crippen LogP contribution >= 0.6 is 11.6 Å². The van der Waals surface area contributed by atoms with E-state index in [1.807, 2.05) is 72.5 Å². The van der Waals surface area contributed by atoms with Gasteiger partial charge in [0, 0.05) is 23.2 Å². The minimum atomic E-state index is 0.0170. The van der Waals surface area contributed by atoms with E-state index in [-0.39, 0.29) is 11.9 Å². The molecule has 3 nitrogen and oxygen atoms in total. The van der Waals surface area contributed by atoms with E-state index in [9.17, 15) is 4.79 Å². The lowest BCUT2D eigenvalue weighted by Crippen LogP contribution is -2.34. The van der Waals surface area contributed by atoms with E-state index in [4.69, 9.17) is 11.6 Å². The summed E-state index contributed by atoms with van der Waals surface area (Å²) in [5.74, 6) is 0.718. The molecule has 0 spiro atoms. The zero-order valence-electron chi connectivity index (χ0n) is 17.5. The molecule has 3 unspecified atom stereocenters. The molecule has 0 fully saturated rings. The summed E-state index contributed by atoms with van der Waals surface area (Å²) >= 11 is 6.31. The maximum absolute atomic E-state index is 13.7. The molecule has 1 amide bonds. The third-order valence-corrected chi connectivity index (χ3v) is 6.70. The van der Waals surface area contributed by atoms with Gasteiger partial charge >= 0.3 is 0 Å². The van der Waals surface area contributed by atoms with Gasteiger partial charge < -0.3 is 10.2 Å². The zero-order valence-corrected chi connectivity index (χ0v) is 18.2. The number of anilines is 2. The largest absolute Gasteiger partial charge is 0.377 e. The number of amides is 1. The number of benzene rings is 3. The smallest absolute Gasteiger partial charge is 0.260 e. The molecule has 3 aromatic carbocycles. The minimum Gasteiger partial charge on any atom is -0.377 e. The van der Waals surface area contributed by atoms with Crippen LogP contribution in [0.5, 0.6) is 0 Å². The number of carbonyl (C=O) groups is 1. The van der Waals surface area contributed by atoms with E-state index in [1.165, 1.54) is 5.56 Å². The lowest BCUT2D eigenvalue weighted by molar-refractivity contribution is 0.0988. The first-order valence-corrected chi connectivity index (χ1v) is 11.2. The quantitative estimate of drug-likeness (QED) is 0.461. The van der Waals surface area contributed by atoms with Crippen LogP contribution in [0.15, 0.2) is 84.9 Å². The summed E-state index contributed by atoms with van der Waals surface area (Å²) in [7, 11) is 0. The van der Waals surface area contributed by atoms with Crippen molar-refractivity contribution >= 4 is 28.9 Å². The summed E-state index contributed by atoms with van der Waals surface area (Å²) in [6.07, 6.45) is 5.57. The van der Waals surface area contributed by atoms with Gasteiger partial charge in [0.25, 0.3) is 5.91 Å². The summed E-state index contributed by atoms with van der Waals surface area (Å²) in [6, 6.07) is 24.1. The highest BCUT2D eigenvalue weighted by Crippen LogP contribution is 2.51. The van der Waals surface area contributed by atoms with Crippen molar-refractivity contribution in [3.05, 3.63) is 107 Å². The van der Waals surface area contributed by atoms with E-state index >= 15 is 0 Å². The van der Waals surface area contributed by atoms with Crippen molar-refractivity contribution in [1.82, 2.24) is 0 Å². The number of carbonyl (C=O) groups excluding carboxylic acids is 1. The Morgan fingerprint density at radius 3 is 2.65 bits per heavy atom. The minimum absolute atomic E-state index is 0.0170. The molecule has 0 radical (unpaired) electrons. The molecule has 31 heavy (non-hydrogen) atoms. The van der Waals surface area contributed by atoms with Crippen LogP contribution in [0.25, 0.3) is 0 Å². The standard InChI is InChI=1S/C27H25ClN2O/c1-2-30(20-11-4-3-5-12-20)27(31)24-16-8-15-23-21-13-7-14-22(21)25(29-26(23)24)18-9-6-10-19(28)17-18/h3-13,15-17,21-22,25,29H,2,14H2,1H3. The lowest BCUT2D eigenvalue weighted by atomic mass is 9.76. The fourth-order valence-electron chi connectivity index (χ4n) is 5.03. The number of hydrogen-bond donors (Lipinski definition) is 1. The Kier molecular flexibility index (Phi) is 5.29. The Labute approximate surface area is 188 Å². The monoisotopic (exact) mass is 428 g/mol. The second-order valence-electron chi connectivity index (χ2n) is 8.19. The van der Waals surface area contributed by atoms with Gasteiger partial charge in [0.05, 0.1) is 17.3 Å². The van der Waals surface area contributed by atoms with Crippen molar-refractivity contribution in [3.63, 3.8) is 0 Å².